The summed E-state index contributed by atoms with van der Waals surface area (Å²) in [6.45, 7) is 6.41. The first kappa shape index (κ1) is 24.1. The first-order chi connectivity index (χ1) is 12.2. The third-order valence-electron chi connectivity index (χ3n) is 4.56. The number of aliphatic hydroxyl groups is 1. The normalized spacial score (nSPS) is 20.6. The number of guanidine groups is 1. The molecule has 1 aliphatic rings. The summed E-state index contributed by atoms with van der Waals surface area (Å²) < 4.78 is 24.7. The van der Waals surface area contributed by atoms with E-state index in [-0.39, 0.29) is 36.4 Å². The maximum absolute atomic E-state index is 11.6. The molecule has 2 unspecified atom stereocenters. The second kappa shape index (κ2) is 10.6. The van der Waals surface area contributed by atoms with E-state index in [4.69, 9.17) is 0 Å². The van der Waals surface area contributed by atoms with Gasteiger partial charge in [-0.25, -0.2) is 17.7 Å². The zero-order valence-corrected chi connectivity index (χ0v) is 19.3. The van der Waals surface area contributed by atoms with E-state index in [9.17, 15) is 13.5 Å². The molecule has 0 amide bonds. The number of nitrogens with one attached hydrogen (secondary N) is 2. The Balaban J connectivity index is 0.00000364. The Morgan fingerprint density at radius 2 is 2.00 bits per heavy atom. The van der Waals surface area contributed by atoms with Crippen molar-refractivity contribution in [2.24, 2.45) is 10.9 Å². The molecular weight excluding hydrogens is 479 g/mol. The van der Waals surface area contributed by atoms with Crippen molar-refractivity contribution in [3.63, 3.8) is 0 Å². The van der Waals surface area contributed by atoms with E-state index in [0.29, 0.717) is 32.1 Å². The van der Waals surface area contributed by atoms with Crippen LogP contribution in [0.1, 0.15) is 25.8 Å². The van der Waals surface area contributed by atoms with Gasteiger partial charge < -0.3 is 15.7 Å². The summed E-state index contributed by atoms with van der Waals surface area (Å²) in [7, 11) is -3.12. The fourth-order valence-corrected chi connectivity index (χ4v) is 3.89. The van der Waals surface area contributed by atoms with Crippen LogP contribution >= 0.6 is 24.0 Å². The van der Waals surface area contributed by atoms with Gasteiger partial charge in [-0.2, -0.15) is 0 Å². The van der Waals surface area contributed by atoms with Crippen LogP contribution in [0.4, 0.5) is 0 Å². The van der Waals surface area contributed by atoms with Crippen LogP contribution in [0, 0.1) is 5.92 Å². The maximum Gasteiger partial charge on any atom is 0.211 e. The number of benzene rings is 1. The van der Waals surface area contributed by atoms with E-state index in [1.165, 1.54) is 10.6 Å². The Labute approximate surface area is 179 Å². The number of rotatable bonds is 7. The molecule has 0 spiro atoms. The van der Waals surface area contributed by atoms with Gasteiger partial charge >= 0.3 is 0 Å². The molecule has 1 heterocycles. The highest BCUT2D eigenvalue weighted by atomic mass is 127. The van der Waals surface area contributed by atoms with E-state index in [1.807, 2.05) is 37.3 Å². The number of hydrogen-bond donors (Lipinski definition) is 3. The van der Waals surface area contributed by atoms with Gasteiger partial charge in [0, 0.05) is 26.2 Å². The molecule has 154 valence electrons. The van der Waals surface area contributed by atoms with Crippen LogP contribution in [0.15, 0.2) is 35.3 Å². The molecule has 0 radical (unpaired) electrons. The van der Waals surface area contributed by atoms with Crippen molar-refractivity contribution in [1.29, 1.82) is 0 Å². The smallest absolute Gasteiger partial charge is 0.211 e. The molecule has 27 heavy (non-hydrogen) atoms. The molecule has 2 rings (SSSR count). The summed E-state index contributed by atoms with van der Waals surface area (Å²) in [6.07, 6.45) is 2.08. The van der Waals surface area contributed by atoms with Gasteiger partial charge in [0.2, 0.25) is 10.0 Å². The zero-order chi connectivity index (χ0) is 19.2. The second-order valence-electron chi connectivity index (χ2n) is 6.99. The van der Waals surface area contributed by atoms with Gasteiger partial charge in [0.15, 0.2) is 5.96 Å². The van der Waals surface area contributed by atoms with Crippen molar-refractivity contribution in [2.45, 2.75) is 25.9 Å². The van der Waals surface area contributed by atoms with Gasteiger partial charge in [-0.3, -0.25) is 0 Å². The maximum atomic E-state index is 11.6. The predicted molar refractivity (Wildman–Crippen MR) is 120 cm³/mol. The van der Waals surface area contributed by atoms with Gasteiger partial charge in [-0.15, -0.1) is 24.0 Å². The van der Waals surface area contributed by atoms with E-state index < -0.39 is 15.6 Å². The van der Waals surface area contributed by atoms with Gasteiger partial charge in [0.25, 0.3) is 0 Å². The molecule has 0 saturated carbocycles. The quantitative estimate of drug-likeness (QED) is 0.293. The topological polar surface area (TPSA) is 94.0 Å². The van der Waals surface area contributed by atoms with E-state index in [1.54, 1.807) is 6.92 Å². The van der Waals surface area contributed by atoms with Crippen LogP contribution in [0.25, 0.3) is 0 Å². The molecule has 2 atom stereocenters. The van der Waals surface area contributed by atoms with Crippen molar-refractivity contribution in [2.75, 3.05) is 39.0 Å². The van der Waals surface area contributed by atoms with Crippen LogP contribution < -0.4 is 10.6 Å². The van der Waals surface area contributed by atoms with Gasteiger partial charge in [0.05, 0.1) is 12.8 Å². The number of aliphatic imine (C=N–C) groups is 1. The van der Waals surface area contributed by atoms with Crippen molar-refractivity contribution in [1.82, 2.24) is 14.9 Å². The highest BCUT2D eigenvalue weighted by Gasteiger charge is 2.28. The Kier molecular flexibility index (Phi) is 9.46. The van der Waals surface area contributed by atoms with Gasteiger partial charge in [0.1, 0.15) is 5.60 Å². The fourth-order valence-electron chi connectivity index (χ4n) is 2.97. The molecule has 1 aromatic rings. The standard InChI is InChI=1S/C18H30N4O3S.HI/c1-4-19-17(20-12-15-10-11-22(13-15)26(3,24)25)21-14-18(2,23)16-8-6-5-7-9-16;/h5-9,15,23H,4,10-14H2,1-3H3,(H2,19,20,21);1H. The van der Waals surface area contributed by atoms with Crippen molar-refractivity contribution >= 4 is 40.0 Å². The Morgan fingerprint density at radius 1 is 1.33 bits per heavy atom. The minimum atomic E-state index is -3.12. The summed E-state index contributed by atoms with van der Waals surface area (Å²) in [5.41, 5.74) is -0.233. The summed E-state index contributed by atoms with van der Waals surface area (Å²) in [4.78, 5) is 4.50. The molecule has 3 N–H and O–H groups in total. The van der Waals surface area contributed by atoms with Crippen molar-refractivity contribution in [3.05, 3.63) is 35.9 Å². The number of sulfonamides is 1. The minimum absolute atomic E-state index is 0. The molecule has 7 nitrogen and oxygen atoms in total. The van der Waals surface area contributed by atoms with Gasteiger partial charge in [-0.05, 0) is 31.7 Å². The van der Waals surface area contributed by atoms with Crippen LogP contribution in [0.2, 0.25) is 0 Å². The number of hydrogen-bond acceptors (Lipinski definition) is 4. The monoisotopic (exact) mass is 510 g/mol. The van der Waals surface area contributed by atoms with Crippen molar-refractivity contribution < 1.29 is 13.5 Å². The minimum Gasteiger partial charge on any atom is -0.384 e. The van der Waals surface area contributed by atoms with E-state index in [2.05, 4.69) is 15.6 Å². The fraction of sp³-hybridized carbons (Fsp3) is 0.611. The Bertz CT molecular complexity index is 711. The predicted octanol–water partition coefficient (Wildman–Crippen LogP) is 1.35. The lowest BCUT2D eigenvalue weighted by Gasteiger charge is -2.23. The largest absolute Gasteiger partial charge is 0.384 e. The van der Waals surface area contributed by atoms with Crippen LogP contribution in [0.5, 0.6) is 0 Å². The number of nitrogens with zero attached hydrogens (tertiary/aromatic N) is 2. The molecule has 1 aromatic carbocycles. The molecule has 0 bridgehead atoms. The second-order valence-corrected chi connectivity index (χ2v) is 8.97. The third-order valence-corrected chi connectivity index (χ3v) is 5.83. The lowest BCUT2D eigenvalue weighted by atomic mass is 9.96. The number of halogens is 1. The SMILES string of the molecule is CCNC(=NCC(C)(O)c1ccccc1)NCC1CCN(S(C)(=O)=O)C1.I. The summed E-state index contributed by atoms with van der Waals surface area (Å²) >= 11 is 0. The average molecular weight is 510 g/mol. The summed E-state index contributed by atoms with van der Waals surface area (Å²) in [6, 6.07) is 9.47. The third kappa shape index (κ3) is 7.55. The molecular formula is C18H31IN4O3S. The lowest BCUT2D eigenvalue weighted by molar-refractivity contribution is 0.0672. The van der Waals surface area contributed by atoms with Crippen molar-refractivity contribution in [3.8, 4) is 0 Å². The van der Waals surface area contributed by atoms with Crippen LogP contribution in [0.3, 0.4) is 0 Å². The average Bonchev–Trinajstić information content (AvgIpc) is 3.07. The summed E-state index contributed by atoms with van der Waals surface area (Å²) in [5, 5.41) is 17.1. The highest BCUT2D eigenvalue weighted by molar-refractivity contribution is 14.0. The summed E-state index contributed by atoms with van der Waals surface area (Å²) in [5.74, 6) is 0.879. The molecule has 1 fully saturated rings. The Hall–Kier alpha value is -0.910. The molecule has 1 aliphatic heterocycles. The molecule has 0 aliphatic carbocycles. The first-order valence-electron chi connectivity index (χ1n) is 8.97. The molecule has 9 heteroatoms. The molecule has 1 saturated heterocycles. The van der Waals surface area contributed by atoms with Crippen LogP contribution in [-0.2, 0) is 15.6 Å². The van der Waals surface area contributed by atoms with Crippen LogP contribution in [-0.4, -0.2) is 62.8 Å². The van der Waals surface area contributed by atoms with E-state index in [0.717, 1.165) is 12.0 Å². The lowest BCUT2D eigenvalue weighted by Crippen LogP contribution is -2.41. The first-order valence-corrected chi connectivity index (χ1v) is 10.8. The van der Waals surface area contributed by atoms with E-state index >= 15 is 0 Å². The molecule has 0 aromatic heterocycles. The van der Waals surface area contributed by atoms with Gasteiger partial charge in [-0.1, -0.05) is 30.3 Å². The zero-order valence-electron chi connectivity index (χ0n) is 16.2. The Morgan fingerprint density at radius 3 is 2.56 bits per heavy atom. The highest BCUT2D eigenvalue weighted by Crippen LogP contribution is 2.20.